The van der Waals surface area contributed by atoms with Crippen LogP contribution in [0.2, 0.25) is 0 Å². The van der Waals surface area contributed by atoms with Crippen LogP contribution in [-0.4, -0.2) is 5.97 Å². The second-order valence-corrected chi connectivity index (χ2v) is 4.12. The van der Waals surface area contributed by atoms with Gasteiger partial charge in [0.2, 0.25) is 0 Å². The first-order valence-corrected chi connectivity index (χ1v) is 5.85. The lowest BCUT2D eigenvalue weighted by atomic mass is 10.2. The third-order valence-corrected chi connectivity index (χ3v) is 2.49. The molecule has 2 aromatic rings. The molecule has 19 heavy (non-hydrogen) atoms. The second kappa shape index (κ2) is 5.96. The maximum atomic E-state index is 12.7. The molecular formula is C16H13FO2. The molecule has 2 aromatic carbocycles. The molecule has 0 spiro atoms. The summed E-state index contributed by atoms with van der Waals surface area (Å²) in [5, 5.41) is 0. The van der Waals surface area contributed by atoms with E-state index in [1.807, 2.05) is 19.1 Å². The lowest BCUT2D eigenvalue weighted by molar-refractivity contribution is -0.128. The number of hydrogen-bond donors (Lipinski definition) is 0. The Hall–Kier alpha value is -2.42. The summed E-state index contributed by atoms with van der Waals surface area (Å²) in [6.45, 7) is 1.92. The molecule has 0 aliphatic rings. The van der Waals surface area contributed by atoms with Crippen molar-refractivity contribution in [3.8, 4) is 5.75 Å². The molecule has 0 bridgehead atoms. The average molecular weight is 256 g/mol. The normalized spacial score (nSPS) is 10.6. The van der Waals surface area contributed by atoms with Crippen molar-refractivity contribution in [2.24, 2.45) is 0 Å². The van der Waals surface area contributed by atoms with Crippen LogP contribution in [0, 0.1) is 12.7 Å². The van der Waals surface area contributed by atoms with Gasteiger partial charge in [0.05, 0.1) is 0 Å². The van der Waals surface area contributed by atoms with Crippen molar-refractivity contribution in [1.82, 2.24) is 0 Å². The predicted molar refractivity (Wildman–Crippen MR) is 72.2 cm³/mol. The van der Waals surface area contributed by atoms with Crippen LogP contribution in [0.1, 0.15) is 11.1 Å². The average Bonchev–Trinajstić information content (AvgIpc) is 2.38. The molecule has 0 N–H and O–H groups in total. The lowest BCUT2D eigenvalue weighted by Crippen LogP contribution is -2.03. The zero-order valence-corrected chi connectivity index (χ0v) is 10.5. The van der Waals surface area contributed by atoms with E-state index in [0.717, 1.165) is 11.1 Å². The van der Waals surface area contributed by atoms with Gasteiger partial charge in [-0.05, 0) is 48.4 Å². The first-order chi connectivity index (χ1) is 9.13. The zero-order chi connectivity index (χ0) is 13.7. The molecule has 2 nitrogen and oxygen atoms in total. The fourth-order valence-corrected chi connectivity index (χ4v) is 1.57. The van der Waals surface area contributed by atoms with Gasteiger partial charge in [-0.15, -0.1) is 0 Å². The zero-order valence-electron chi connectivity index (χ0n) is 10.5. The Morgan fingerprint density at radius 1 is 1.16 bits per heavy atom. The number of benzene rings is 2. The fraction of sp³-hybridized carbons (Fsp3) is 0.0625. The smallest absolute Gasteiger partial charge is 0.336 e. The minimum Gasteiger partial charge on any atom is -0.423 e. The lowest BCUT2D eigenvalue weighted by Gasteiger charge is -2.01. The number of esters is 1. The van der Waals surface area contributed by atoms with Crippen molar-refractivity contribution in [2.45, 2.75) is 6.92 Å². The number of hydrogen-bond acceptors (Lipinski definition) is 2. The molecule has 0 saturated heterocycles. The SMILES string of the molecule is Cc1cccc(OC(=O)/C=C/c2ccc(F)cc2)c1. The quantitative estimate of drug-likeness (QED) is 0.475. The minimum absolute atomic E-state index is 0.306. The van der Waals surface area contributed by atoms with Crippen molar-refractivity contribution in [1.29, 1.82) is 0 Å². The molecule has 0 unspecified atom stereocenters. The Balaban J connectivity index is 1.99. The fourth-order valence-electron chi connectivity index (χ4n) is 1.57. The van der Waals surface area contributed by atoms with Crippen LogP contribution in [0.4, 0.5) is 4.39 Å². The highest BCUT2D eigenvalue weighted by Gasteiger charge is 2.00. The Kier molecular flexibility index (Phi) is 4.08. The molecular weight excluding hydrogens is 243 g/mol. The topological polar surface area (TPSA) is 26.3 Å². The molecule has 0 atom stereocenters. The number of rotatable bonds is 3. The molecule has 0 aliphatic heterocycles. The maximum absolute atomic E-state index is 12.7. The Morgan fingerprint density at radius 3 is 2.58 bits per heavy atom. The maximum Gasteiger partial charge on any atom is 0.336 e. The largest absolute Gasteiger partial charge is 0.423 e. The van der Waals surface area contributed by atoms with Crippen LogP contribution in [0.25, 0.3) is 6.08 Å². The van der Waals surface area contributed by atoms with E-state index in [4.69, 9.17) is 4.74 Å². The van der Waals surface area contributed by atoms with E-state index < -0.39 is 5.97 Å². The standard InChI is InChI=1S/C16H13FO2/c1-12-3-2-4-15(11-12)19-16(18)10-7-13-5-8-14(17)9-6-13/h2-11H,1H3/b10-7+. The summed E-state index contributed by atoms with van der Waals surface area (Å²) in [5.41, 5.74) is 1.76. The molecule has 2 rings (SSSR count). The third-order valence-electron chi connectivity index (χ3n) is 2.49. The molecule has 0 fully saturated rings. The van der Waals surface area contributed by atoms with Crippen molar-refractivity contribution in [2.75, 3.05) is 0 Å². The van der Waals surface area contributed by atoms with E-state index in [1.165, 1.54) is 18.2 Å². The summed E-state index contributed by atoms with van der Waals surface area (Å²) in [4.78, 5) is 11.6. The van der Waals surface area contributed by atoms with E-state index in [-0.39, 0.29) is 5.82 Å². The number of carbonyl (C=O) groups is 1. The summed E-state index contributed by atoms with van der Waals surface area (Å²) >= 11 is 0. The van der Waals surface area contributed by atoms with Crippen molar-refractivity contribution < 1.29 is 13.9 Å². The Bertz CT molecular complexity index is 600. The monoisotopic (exact) mass is 256 g/mol. The van der Waals surface area contributed by atoms with Crippen LogP contribution in [0.5, 0.6) is 5.75 Å². The van der Waals surface area contributed by atoms with Crippen LogP contribution in [0.15, 0.2) is 54.6 Å². The van der Waals surface area contributed by atoms with Crippen molar-refractivity contribution in [3.05, 3.63) is 71.6 Å². The summed E-state index contributed by atoms with van der Waals surface area (Å²) < 4.78 is 17.8. The van der Waals surface area contributed by atoms with Gasteiger partial charge < -0.3 is 4.74 Å². The molecule has 0 amide bonds. The highest BCUT2D eigenvalue weighted by molar-refractivity contribution is 5.88. The van der Waals surface area contributed by atoms with Gasteiger partial charge in [0, 0.05) is 6.08 Å². The van der Waals surface area contributed by atoms with E-state index in [0.29, 0.717) is 5.75 Å². The molecule has 0 aliphatic carbocycles. The number of halogens is 1. The first kappa shape index (κ1) is 13.0. The second-order valence-electron chi connectivity index (χ2n) is 4.12. The highest BCUT2D eigenvalue weighted by Crippen LogP contribution is 2.13. The predicted octanol–water partition coefficient (Wildman–Crippen LogP) is 3.75. The van der Waals surface area contributed by atoms with E-state index in [9.17, 15) is 9.18 Å². The van der Waals surface area contributed by atoms with Gasteiger partial charge in [-0.3, -0.25) is 0 Å². The van der Waals surface area contributed by atoms with Crippen molar-refractivity contribution >= 4 is 12.0 Å². The van der Waals surface area contributed by atoms with Gasteiger partial charge in [0.1, 0.15) is 11.6 Å². The highest BCUT2D eigenvalue weighted by atomic mass is 19.1. The van der Waals surface area contributed by atoms with Crippen LogP contribution >= 0.6 is 0 Å². The summed E-state index contributed by atoms with van der Waals surface area (Å²) in [5.74, 6) is -0.261. The number of ether oxygens (including phenoxy) is 1. The summed E-state index contributed by atoms with van der Waals surface area (Å²) in [6, 6.07) is 13.1. The molecule has 0 aromatic heterocycles. The Morgan fingerprint density at radius 2 is 1.89 bits per heavy atom. The van der Waals surface area contributed by atoms with Gasteiger partial charge in [-0.2, -0.15) is 0 Å². The summed E-state index contributed by atoms with van der Waals surface area (Å²) in [7, 11) is 0. The summed E-state index contributed by atoms with van der Waals surface area (Å²) in [6.07, 6.45) is 2.90. The van der Waals surface area contributed by atoms with Gasteiger partial charge >= 0.3 is 5.97 Å². The molecule has 0 saturated carbocycles. The van der Waals surface area contributed by atoms with E-state index in [1.54, 1.807) is 30.3 Å². The molecule has 3 heteroatoms. The van der Waals surface area contributed by atoms with Crippen LogP contribution in [0.3, 0.4) is 0 Å². The van der Waals surface area contributed by atoms with Gasteiger partial charge in [-0.25, -0.2) is 9.18 Å². The number of aryl methyl sites for hydroxylation is 1. The van der Waals surface area contributed by atoms with Gasteiger partial charge in [0.25, 0.3) is 0 Å². The Labute approximate surface area is 111 Å². The molecule has 0 heterocycles. The third kappa shape index (κ3) is 4.07. The van der Waals surface area contributed by atoms with E-state index in [2.05, 4.69) is 0 Å². The molecule has 0 radical (unpaired) electrons. The first-order valence-electron chi connectivity index (χ1n) is 5.85. The van der Waals surface area contributed by atoms with E-state index >= 15 is 0 Å². The van der Waals surface area contributed by atoms with Crippen molar-refractivity contribution in [3.63, 3.8) is 0 Å². The van der Waals surface area contributed by atoms with Crippen LogP contribution in [-0.2, 0) is 4.79 Å². The minimum atomic E-state index is -0.463. The van der Waals surface area contributed by atoms with Crippen LogP contribution < -0.4 is 4.74 Å². The molecule has 96 valence electrons. The number of carbonyl (C=O) groups excluding carboxylic acids is 1. The van der Waals surface area contributed by atoms with Gasteiger partial charge in [0.15, 0.2) is 0 Å². The van der Waals surface area contributed by atoms with Gasteiger partial charge in [-0.1, -0.05) is 24.3 Å².